The summed E-state index contributed by atoms with van der Waals surface area (Å²) in [5, 5.41) is 6.70. The summed E-state index contributed by atoms with van der Waals surface area (Å²) >= 11 is 1.34. The minimum atomic E-state index is -3.71. The van der Waals surface area contributed by atoms with Crippen LogP contribution >= 0.6 is 11.3 Å². The fraction of sp³-hybridized carbons (Fsp3) is 0.304. The molecule has 2 aromatic carbocycles. The first-order valence-electron chi connectivity index (χ1n) is 10.8. The first-order chi connectivity index (χ1) is 16.3. The van der Waals surface area contributed by atoms with E-state index in [1.54, 1.807) is 17.0 Å². The number of amides is 3. The number of ether oxygens (including phenoxy) is 1. The van der Waals surface area contributed by atoms with Crippen LogP contribution in [0.1, 0.15) is 17.3 Å². The maximum atomic E-state index is 13.5. The summed E-state index contributed by atoms with van der Waals surface area (Å²) in [7, 11) is -2.23. The summed E-state index contributed by atoms with van der Waals surface area (Å²) in [6, 6.07) is 13.5. The number of urea groups is 1. The Morgan fingerprint density at radius 1 is 1.06 bits per heavy atom. The number of fused-ring (bicyclic) bond motifs is 1. The number of piperazine rings is 1. The third kappa shape index (κ3) is 4.72. The van der Waals surface area contributed by atoms with Crippen molar-refractivity contribution in [3.8, 4) is 5.75 Å². The van der Waals surface area contributed by atoms with Crippen molar-refractivity contribution >= 4 is 48.4 Å². The van der Waals surface area contributed by atoms with Gasteiger partial charge in [0.1, 0.15) is 10.8 Å². The summed E-state index contributed by atoms with van der Waals surface area (Å²) in [5.41, 5.74) is 0.427. The molecule has 0 unspecified atom stereocenters. The van der Waals surface area contributed by atoms with Crippen LogP contribution in [0.2, 0.25) is 0 Å². The van der Waals surface area contributed by atoms with E-state index in [1.165, 1.54) is 34.9 Å². The number of hydrogen-bond acceptors (Lipinski definition) is 6. The van der Waals surface area contributed by atoms with Crippen LogP contribution in [-0.4, -0.2) is 69.4 Å². The Morgan fingerprint density at radius 2 is 1.79 bits per heavy atom. The van der Waals surface area contributed by atoms with Gasteiger partial charge in [0.25, 0.3) is 5.91 Å². The van der Waals surface area contributed by atoms with Crippen LogP contribution in [0.3, 0.4) is 0 Å². The largest absolute Gasteiger partial charge is 0.497 e. The maximum absolute atomic E-state index is 13.5. The van der Waals surface area contributed by atoms with Gasteiger partial charge in [-0.05, 0) is 25.1 Å². The van der Waals surface area contributed by atoms with Crippen LogP contribution in [0, 0.1) is 0 Å². The zero-order chi connectivity index (χ0) is 24.3. The number of benzene rings is 2. The van der Waals surface area contributed by atoms with E-state index in [2.05, 4.69) is 10.6 Å². The van der Waals surface area contributed by atoms with Crippen LogP contribution in [0.25, 0.3) is 10.1 Å². The van der Waals surface area contributed by atoms with E-state index in [4.69, 9.17) is 4.74 Å². The van der Waals surface area contributed by atoms with Crippen LogP contribution in [-0.2, 0) is 10.0 Å². The zero-order valence-corrected chi connectivity index (χ0v) is 20.5. The van der Waals surface area contributed by atoms with Crippen molar-refractivity contribution in [3.63, 3.8) is 0 Å². The molecule has 0 aliphatic carbocycles. The molecule has 1 aliphatic rings. The van der Waals surface area contributed by atoms with Gasteiger partial charge in [-0.3, -0.25) is 10.1 Å². The van der Waals surface area contributed by atoms with Crippen molar-refractivity contribution in [2.45, 2.75) is 11.8 Å². The number of nitrogens with zero attached hydrogens (tertiary/aromatic N) is 2. The second-order valence-corrected chi connectivity index (χ2v) is 10.7. The van der Waals surface area contributed by atoms with Crippen molar-refractivity contribution in [2.75, 3.05) is 45.2 Å². The standard InChI is InChI=1S/C23H26N4O5S2/c1-3-24-23(29)25-21-20(18-9-4-5-10-19(18)33-21)22(28)26-11-13-27(14-12-26)34(30,31)17-8-6-7-16(15-17)32-2/h4-10,15H,3,11-14H2,1-2H3,(H2,24,25,29). The monoisotopic (exact) mass is 502 g/mol. The number of rotatable bonds is 6. The lowest BCUT2D eigenvalue weighted by molar-refractivity contribution is 0.0701. The Hall–Kier alpha value is -3.15. The molecule has 2 heterocycles. The molecule has 0 saturated carbocycles. The van der Waals surface area contributed by atoms with Gasteiger partial charge in [0, 0.05) is 48.9 Å². The van der Waals surface area contributed by atoms with Crippen molar-refractivity contribution in [2.24, 2.45) is 0 Å². The van der Waals surface area contributed by atoms with E-state index in [1.807, 2.05) is 31.2 Å². The number of hydrogen-bond donors (Lipinski definition) is 2. The lowest BCUT2D eigenvalue weighted by Crippen LogP contribution is -2.50. The molecule has 11 heteroatoms. The van der Waals surface area contributed by atoms with Crippen LogP contribution in [0.15, 0.2) is 53.4 Å². The molecule has 1 aliphatic heterocycles. The van der Waals surface area contributed by atoms with Gasteiger partial charge < -0.3 is 15.0 Å². The van der Waals surface area contributed by atoms with Crippen molar-refractivity contribution < 1.29 is 22.7 Å². The molecule has 0 bridgehead atoms. The number of thiophene rings is 1. The Morgan fingerprint density at radius 3 is 2.50 bits per heavy atom. The lowest BCUT2D eigenvalue weighted by Gasteiger charge is -2.34. The summed E-state index contributed by atoms with van der Waals surface area (Å²) in [6.07, 6.45) is 0. The number of carbonyl (C=O) groups excluding carboxylic acids is 2. The summed E-state index contributed by atoms with van der Waals surface area (Å²) < 4.78 is 33.6. The van der Waals surface area contributed by atoms with E-state index >= 15 is 0 Å². The van der Waals surface area contributed by atoms with Gasteiger partial charge in [0.2, 0.25) is 10.0 Å². The molecule has 0 atom stereocenters. The molecule has 9 nitrogen and oxygen atoms in total. The molecule has 2 N–H and O–H groups in total. The number of anilines is 1. The van der Waals surface area contributed by atoms with E-state index in [0.29, 0.717) is 22.9 Å². The van der Waals surface area contributed by atoms with Gasteiger partial charge in [-0.2, -0.15) is 4.31 Å². The van der Waals surface area contributed by atoms with Gasteiger partial charge in [-0.15, -0.1) is 11.3 Å². The predicted molar refractivity (Wildman–Crippen MR) is 132 cm³/mol. The van der Waals surface area contributed by atoms with E-state index in [0.717, 1.165) is 10.1 Å². The van der Waals surface area contributed by atoms with Gasteiger partial charge in [0.15, 0.2) is 0 Å². The third-order valence-corrected chi connectivity index (χ3v) is 8.56. The SMILES string of the molecule is CCNC(=O)Nc1sc2ccccc2c1C(=O)N1CCN(S(=O)(=O)c2cccc(OC)c2)CC1. The molecule has 4 rings (SSSR count). The van der Waals surface area contributed by atoms with E-state index < -0.39 is 10.0 Å². The van der Waals surface area contributed by atoms with Gasteiger partial charge in [-0.25, -0.2) is 13.2 Å². The molecule has 0 radical (unpaired) electrons. The van der Waals surface area contributed by atoms with Gasteiger partial charge in [0.05, 0.1) is 17.6 Å². The molecule has 0 spiro atoms. The highest BCUT2D eigenvalue weighted by atomic mass is 32.2. The van der Waals surface area contributed by atoms with Crippen molar-refractivity contribution in [1.82, 2.24) is 14.5 Å². The summed E-state index contributed by atoms with van der Waals surface area (Å²) in [6.45, 7) is 3.11. The Kier molecular flexibility index (Phi) is 7.05. The predicted octanol–water partition coefficient (Wildman–Crippen LogP) is 3.20. The lowest BCUT2D eigenvalue weighted by atomic mass is 10.1. The summed E-state index contributed by atoms with van der Waals surface area (Å²) in [5.74, 6) is 0.231. The molecule has 34 heavy (non-hydrogen) atoms. The highest BCUT2D eigenvalue weighted by molar-refractivity contribution is 7.89. The Balaban J connectivity index is 1.54. The summed E-state index contributed by atoms with van der Waals surface area (Å²) in [4.78, 5) is 27.5. The number of nitrogens with one attached hydrogen (secondary N) is 2. The third-order valence-electron chi connectivity index (χ3n) is 5.58. The minimum absolute atomic E-state index is 0.156. The molecule has 3 amide bonds. The Bertz CT molecular complexity index is 1310. The van der Waals surface area contributed by atoms with Crippen LogP contribution < -0.4 is 15.4 Å². The molecular weight excluding hydrogens is 476 g/mol. The molecule has 1 saturated heterocycles. The minimum Gasteiger partial charge on any atom is -0.497 e. The number of carbonyl (C=O) groups is 2. The maximum Gasteiger partial charge on any atom is 0.319 e. The van der Waals surface area contributed by atoms with E-state index in [-0.39, 0.29) is 43.0 Å². The second kappa shape index (κ2) is 10.00. The van der Waals surface area contributed by atoms with Crippen molar-refractivity contribution in [3.05, 3.63) is 54.1 Å². The first-order valence-corrected chi connectivity index (χ1v) is 13.1. The zero-order valence-electron chi connectivity index (χ0n) is 18.9. The second-order valence-electron chi connectivity index (χ2n) is 7.66. The fourth-order valence-corrected chi connectivity index (χ4v) is 6.40. The average Bonchev–Trinajstić information content (AvgIpc) is 3.21. The molecule has 1 aromatic heterocycles. The Labute approximate surface area is 202 Å². The molecular formula is C23H26N4O5S2. The first kappa shape index (κ1) is 24.0. The van der Waals surface area contributed by atoms with Gasteiger partial charge in [-0.1, -0.05) is 24.3 Å². The molecule has 180 valence electrons. The van der Waals surface area contributed by atoms with Crippen molar-refractivity contribution in [1.29, 1.82) is 0 Å². The molecule has 1 fully saturated rings. The highest BCUT2D eigenvalue weighted by Gasteiger charge is 2.32. The van der Waals surface area contributed by atoms with Crippen LogP contribution in [0.4, 0.5) is 9.80 Å². The fourth-order valence-electron chi connectivity index (χ4n) is 3.85. The normalized spacial score (nSPS) is 14.7. The highest BCUT2D eigenvalue weighted by Crippen LogP contribution is 2.36. The number of methoxy groups -OCH3 is 1. The number of sulfonamides is 1. The van der Waals surface area contributed by atoms with E-state index in [9.17, 15) is 18.0 Å². The smallest absolute Gasteiger partial charge is 0.319 e. The topological polar surface area (TPSA) is 108 Å². The van der Waals surface area contributed by atoms with Gasteiger partial charge >= 0.3 is 6.03 Å². The van der Waals surface area contributed by atoms with Crippen LogP contribution in [0.5, 0.6) is 5.75 Å². The molecule has 3 aromatic rings. The average molecular weight is 503 g/mol. The quantitative estimate of drug-likeness (QED) is 0.538.